The number of nitrogens with zero attached hydrogens (tertiary/aromatic N) is 1. The van der Waals surface area contributed by atoms with Crippen molar-refractivity contribution >= 4 is 12.0 Å². The number of aromatic nitrogens is 1. The second kappa shape index (κ2) is 5.30. The highest BCUT2D eigenvalue weighted by atomic mass is 16.7. The van der Waals surface area contributed by atoms with Crippen molar-refractivity contribution in [1.82, 2.24) is 4.73 Å². The van der Waals surface area contributed by atoms with Gasteiger partial charge in [-0.2, -0.15) is 0 Å². The van der Waals surface area contributed by atoms with Gasteiger partial charge in [-0.1, -0.05) is 29.8 Å². The van der Waals surface area contributed by atoms with Crippen molar-refractivity contribution in [1.29, 1.82) is 0 Å². The molecule has 0 unspecified atom stereocenters. The van der Waals surface area contributed by atoms with Gasteiger partial charge in [0.1, 0.15) is 0 Å². The average molecular weight is 259 g/mol. The van der Waals surface area contributed by atoms with E-state index in [9.17, 15) is 15.0 Å². The highest BCUT2D eigenvalue weighted by molar-refractivity contribution is 5.87. The number of benzene rings is 1. The van der Waals surface area contributed by atoms with Crippen molar-refractivity contribution in [2.45, 2.75) is 6.92 Å². The Hall–Kier alpha value is -2.69. The van der Waals surface area contributed by atoms with E-state index in [1.54, 1.807) is 6.08 Å². The maximum Gasteiger partial charge on any atom is 0.356 e. The third-order valence-corrected chi connectivity index (χ3v) is 2.47. The molecule has 0 fully saturated rings. The maximum absolute atomic E-state index is 11.5. The van der Waals surface area contributed by atoms with Crippen LogP contribution in [0.3, 0.4) is 0 Å². The fourth-order valence-electron chi connectivity index (χ4n) is 1.46. The maximum atomic E-state index is 11.5. The summed E-state index contributed by atoms with van der Waals surface area (Å²) in [6, 6.07) is 10.0. The quantitative estimate of drug-likeness (QED) is 0.825. The molecule has 0 atom stereocenters. The van der Waals surface area contributed by atoms with Crippen molar-refractivity contribution < 1.29 is 19.8 Å². The van der Waals surface area contributed by atoms with Gasteiger partial charge in [0, 0.05) is 18.2 Å². The van der Waals surface area contributed by atoms with Crippen LogP contribution in [-0.2, 0) is 4.79 Å². The molecule has 5 nitrogen and oxygen atoms in total. The molecule has 0 aliphatic rings. The third-order valence-electron chi connectivity index (χ3n) is 2.47. The normalized spacial score (nSPS) is 10.8. The Morgan fingerprint density at radius 2 is 1.68 bits per heavy atom. The van der Waals surface area contributed by atoms with Crippen molar-refractivity contribution in [3.05, 3.63) is 53.6 Å². The van der Waals surface area contributed by atoms with E-state index in [4.69, 9.17) is 4.84 Å². The van der Waals surface area contributed by atoms with Gasteiger partial charge in [-0.25, -0.2) is 4.79 Å². The minimum Gasteiger partial charge on any atom is -0.492 e. The van der Waals surface area contributed by atoms with E-state index in [-0.39, 0.29) is 11.8 Å². The summed E-state index contributed by atoms with van der Waals surface area (Å²) < 4.78 is 0.641. The largest absolute Gasteiger partial charge is 0.492 e. The summed E-state index contributed by atoms with van der Waals surface area (Å²) in [6.45, 7) is 1.97. The van der Waals surface area contributed by atoms with E-state index in [0.717, 1.165) is 11.1 Å². The highest BCUT2D eigenvalue weighted by Gasteiger charge is 2.09. The molecule has 2 rings (SSSR count). The molecular weight excluding hydrogens is 246 g/mol. The first-order valence-electron chi connectivity index (χ1n) is 5.63. The lowest BCUT2D eigenvalue weighted by molar-refractivity contribution is -0.139. The van der Waals surface area contributed by atoms with Gasteiger partial charge in [0.25, 0.3) is 0 Å². The van der Waals surface area contributed by atoms with Gasteiger partial charge in [-0.15, -0.1) is 4.73 Å². The number of hydrogen-bond donors (Lipinski definition) is 2. The number of carbonyl (C=O) groups excluding carboxylic acids is 1. The van der Waals surface area contributed by atoms with Crippen molar-refractivity contribution in [2.75, 3.05) is 0 Å². The van der Waals surface area contributed by atoms with Crippen molar-refractivity contribution in [3.8, 4) is 11.8 Å². The first kappa shape index (κ1) is 12.8. The zero-order valence-electron chi connectivity index (χ0n) is 10.3. The third kappa shape index (κ3) is 3.16. The summed E-state index contributed by atoms with van der Waals surface area (Å²) in [6.07, 6.45) is 2.79. The molecule has 0 saturated heterocycles. The van der Waals surface area contributed by atoms with Crippen molar-refractivity contribution in [3.63, 3.8) is 0 Å². The Bertz CT molecular complexity index is 591. The molecule has 0 amide bonds. The number of aryl methyl sites for hydroxylation is 1. The average Bonchev–Trinajstić information content (AvgIpc) is 2.70. The topological polar surface area (TPSA) is 71.7 Å². The Balaban J connectivity index is 2.04. The van der Waals surface area contributed by atoms with Crippen LogP contribution in [0, 0.1) is 6.92 Å². The molecule has 1 aromatic carbocycles. The fraction of sp³-hybridized carbons (Fsp3) is 0.0714. The molecule has 2 aromatic rings. The molecule has 0 aliphatic carbocycles. The number of hydrogen-bond acceptors (Lipinski definition) is 4. The summed E-state index contributed by atoms with van der Waals surface area (Å²) in [5.41, 5.74) is 1.98. The van der Waals surface area contributed by atoms with Crippen LogP contribution in [0.15, 0.2) is 42.5 Å². The number of rotatable bonds is 3. The number of carbonyl (C=O) groups is 1. The van der Waals surface area contributed by atoms with Gasteiger partial charge in [-0.3, -0.25) is 0 Å². The lowest BCUT2D eigenvalue weighted by atomic mass is 10.1. The molecule has 0 radical (unpaired) electrons. The second-order valence-electron chi connectivity index (χ2n) is 4.00. The second-order valence-corrected chi connectivity index (χ2v) is 4.00. The number of aromatic hydroxyl groups is 2. The molecule has 1 heterocycles. The first-order valence-corrected chi connectivity index (χ1v) is 5.63. The molecule has 98 valence electrons. The molecule has 1 aromatic heterocycles. The van der Waals surface area contributed by atoms with Crippen LogP contribution in [0.5, 0.6) is 11.8 Å². The van der Waals surface area contributed by atoms with E-state index < -0.39 is 5.97 Å². The van der Waals surface area contributed by atoms with Gasteiger partial charge in [-0.05, 0) is 18.6 Å². The van der Waals surface area contributed by atoms with Crippen LogP contribution in [0.4, 0.5) is 0 Å². The predicted octanol–water partition coefficient (Wildman–Crippen LogP) is 1.88. The molecule has 0 spiro atoms. The lowest BCUT2D eigenvalue weighted by Crippen LogP contribution is -2.16. The minimum atomic E-state index is -0.706. The van der Waals surface area contributed by atoms with Crippen LogP contribution in [0.2, 0.25) is 0 Å². The molecule has 2 N–H and O–H groups in total. The summed E-state index contributed by atoms with van der Waals surface area (Å²) in [7, 11) is 0. The van der Waals surface area contributed by atoms with Crippen LogP contribution in [-0.4, -0.2) is 20.9 Å². The molecule has 19 heavy (non-hydrogen) atoms. The smallest absolute Gasteiger partial charge is 0.356 e. The standard InChI is InChI=1S/C14H13NO4/c1-10-2-4-11(5-3-10)6-9-14(18)19-15-12(16)7-8-13(15)17/h2-9,16-17H,1H3. The Morgan fingerprint density at radius 3 is 2.26 bits per heavy atom. The van der Waals surface area contributed by atoms with E-state index in [0.29, 0.717) is 4.73 Å². The fourth-order valence-corrected chi connectivity index (χ4v) is 1.46. The molecule has 0 aliphatic heterocycles. The Labute approximate surface area is 109 Å². The van der Waals surface area contributed by atoms with Crippen LogP contribution >= 0.6 is 0 Å². The SMILES string of the molecule is Cc1ccc(C=CC(=O)On2c(O)ccc2O)cc1. The van der Waals surface area contributed by atoms with Gasteiger partial charge >= 0.3 is 5.97 Å². The van der Waals surface area contributed by atoms with Gasteiger partial charge in [0.15, 0.2) is 0 Å². The zero-order valence-corrected chi connectivity index (χ0v) is 10.3. The van der Waals surface area contributed by atoms with Gasteiger partial charge in [0.05, 0.1) is 0 Å². The van der Waals surface area contributed by atoms with E-state index in [1.165, 1.54) is 18.2 Å². The summed E-state index contributed by atoms with van der Waals surface area (Å²) in [4.78, 5) is 16.3. The van der Waals surface area contributed by atoms with Crippen LogP contribution in [0.1, 0.15) is 11.1 Å². The van der Waals surface area contributed by atoms with E-state index >= 15 is 0 Å². The molecule has 0 bridgehead atoms. The zero-order chi connectivity index (χ0) is 13.8. The molecule has 0 saturated carbocycles. The summed E-state index contributed by atoms with van der Waals surface area (Å²) in [5, 5.41) is 18.6. The van der Waals surface area contributed by atoms with Crippen LogP contribution in [0.25, 0.3) is 6.08 Å². The summed E-state index contributed by atoms with van der Waals surface area (Å²) in [5.74, 6) is -1.41. The van der Waals surface area contributed by atoms with Crippen LogP contribution < -0.4 is 4.84 Å². The van der Waals surface area contributed by atoms with Gasteiger partial charge in [0.2, 0.25) is 11.8 Å². The van der Waals surface area contributed by atoms with E-state index in [2.05, 4.69) is 0 Å². The Kier molecular flexibility index (Phi) is 3.56. The van der Waals surface area contributed by atoms with E-state index in [1.807, 2.05) is 31.2 Å². The molecular formula is C14H13NO4. The highest BCUT2D eigenvalue weighted by Crippen LogP contribution is 2.18. The predicted molar refractivity (Wildman–Crippen MR) is 69.6 cm³/mol. The van der Waals surface area contributed by atoms with Crippen molar-refractivity contribution in [2.24, 2.45) is 0 Å². The first-order chi connectivity index (χ1) is 9.06. The van der Waals surface area contributed by atoms with Gasteiger partial charge < -0.3 is 15.1 Å². The Morgan fingerprint density at radius 1 is 1.11 bits per heavy atom. The summed E-state index contributed by atoms with van der Waals surface area (Å²) >= 11 is 0. The lowest BCUT2D eigenvalue weighted by Gasteiger charge is -2.03. The molecule has 5 heteroatoms. The minimum absolute atomic E-state index is 0.352. The monoisotopic (exact) mass is 259 g/mol.